The topological polar surface area (TPSA) is 76.6 Å². The van der Waals surface area contributed by atoms with Gasteiger partial charge in [0, 0.05) is 45.7 Å². The van der Waals surface area contributed by atoms with Gasteiger partial charge >= 0.3 is 0 Å². The number of amides is 1. The number of nitrogens with zero attached hydrogens (tertiary/aromatic N) is 3. The number of aryl methyl sites for hydroxylation is 1. The van der Waals surface area contributed by atoms with E-state index < -0.39 is 0 Å². The third-order valence-corrected chi connectivity index (χ3v) is 6.38. The summed E-state index contributed by atoms with van der Waals surface area (Å²) in [6.45, 7) is 8.58. The van der Waals surface area contributed by atoms with Crippen LogP contribution in [0.4, 0.5) is 0 Å². The first kappa shape index (κ1) is 20.4. The zero-order valence-corrected chi connectivity index (χ0v) is 17.8. The van der Waals surface area contributed by atoms with Crippen molar-refractivity contribution in [2.45, 2.75) is 51.5 Å². The first-order valence-electron chi connectivity index (χ1n) is 10.2. The maximum atomic E-state index is 12.4. The van der Waals surface area contributed by atoms with Crippen LogP contribution in [-0.2, 0) is 22.6 Å². The van der Waals surface area contributed by atoms with Crippen molar-refractivity contribution in [3.8, 4) is 0 Å². The van der Waals surface area contributed by atoms with E-state index in [4.69, 9.17) is 9.47 Å². The number of aromatic nitrogens is 2. The highest BCUT2D eigenvalue weighted by atomic mass is 32.1. The molecule has 1 amide bonds. The van der Waals surface area contributed by atoms with Crippen molar-refractivity contribution in [1.29, 1.82) is 0 Å². The predicted octanol–water partition coefficient (Wildman–Crippen LogP) is 2.55. The average Bonchev–Trinajstić information content (AvgIpc) is 3.16. The molecule has 1 aromatic heterocycles. The number of hydrogen-bond acceptors (Lipinski definition) is 7. The van der Waals surface area contributed by atoms with Gasteiger partial charge < -0.3 is 14.8 Å². The molecule has 3 heterocycles. The molecule has 2 aliphatic heterocycles. The van der Waals surface area contributed by atoms with E-state index in [1.54, 1.807) is 0 Å². The third kappa shape index (κ3) is 5.19. The quantitative estimate of drug-likeness (QED) is 0.807. The molecule has 2 aliphatic rings. The normalized spacial score (nSPS) is 21.9. The number of rotatable bonds is 5. The summed E-state index contributed by atoms with van der Waals surface area (Å²) in [4.78, 5) is 14.8. The van der Waals surface area contributed by atoms with Gasteiger partial charge in [0.25, 0.3) is 5.91 Å². The molecular weight excluding hydrogens is 388 g/mol. The summed E-state index contributed by atoms with van der Waals surface area (Å²) in [5, 5.41) is 12.6. The van der Waals surface area contributed by atoms with Crippen LogP contribution in [0, 0.1) is 6.92 Å². The van der Waals surface area contributed by atoms with Crippen LogP contribution in [0.25, 0.3) is 0 Å². The van der Waals surface area contributed by atoms with E-state index in [9.17, 15) is 4.79 Å². The monoisotopic (exact) mass is 416 g/mol. The molecule has 0 saturated carbocycles. The summed E-state index contributed by atoms with van der Waals surface area (Å²) in [7, 11) is 0. The highest BCUT2D eigenvalue weighted by Gasteiger charge is 2.40. The Bertz CT molecular complexity index is 833. The number of carbonyl (C=O) groups excluding carboxylic acids is 1. The lowest BCUT2D eigenvalue weighted by molar-refractivity contribution is -0.185. The van der Waals surface area contributed by atoms with Gasteiger partial charge in [-0.25, -0.2) is 0 Å². The number of morpholine rings is 1. The van der Waals surface area contributed by atoms with E-state index in [1.807, 2.05) is 31.2 Å². The maximum Gasteiger partial charge on any atom is 0.282 e. The van der Waals surface area contributed by atoms with Crippen molar-refractivity contribution in [3.63, 3.8) is 0 Å². The van der Waals surface area contributed by atoms with Gasteiger partial charge in [-0.1, -0.05) is 41.2 Å². The molecule has 1 spiro atoms. The van der Waals surface area contributed by atoms with Crippen molar-refractivity contribution >= 4 is 17.2 Å². The largest absolute Gasteiger partial charge is 0.381 e. The minimum Gasteiger partial charge on any atom is -0.381 e. The number of hydrogen-bond donors (Lipinski definition) is 1. The fourth-order valence-electron chi connectivity index (χ4n) is 4.04. The van der Waals surface area contributed by atoms with Gasteiger partial charge in [-0.05, 0) is 19.4 Å². The van der Waals surface area contributed by atoms with Gasteiger partial charge in [-0.15, -0.1) is 10.2 Å². The van der Waals surface area contributed by atoms with Crippen molar-refractivity contribution in [3.05, 3.63) is 45.4 Å². The molecule has 156 valence electrons. The minimum atomic E-state index is -0.175. The SMILES string of the molecule is Cc1ccc(CNC(=O)c2nnc(CN3CC(C)OC4(CCOCC4)C3)s2)cc1. The zero-order chi connectivity index (χ0) is 20.3. The Hall–Kier alpha value is -1.87. The molecule has 0 bridgehead atoms. The smallest absolute Gasteiger partial charge is 0.282 e. The summed E-state index contributed by atoms with van der Waals surface area (Å²) in [6.07, 6.45) is 2.03. The predicted molar refractivity (Wildman–Crippen MR) is 111 cm³/mol. The minimum absolute atomic E-state index is 0.116. The molecule has 7 nitrogen and oxygen atoms in total. The van der Waals surface area contributed by atoms with Gasteiger partial charge in [0.1, 0.15) is 5.01 Å². The average molecular weight is 417 g/mol. The van der Waals surface area contributed by atoms with Crippen molar-refractivity contribution in [2.75, 3.05) is 26.3 Å². The highest BCUT2D eigenvalue weighted by Crippen LogP contribution is 2.32. The second-order valence-electron chi connectivity index (χ2n) is 8.06. The molecule has 2 aromatic rings. The summed E-state index contributed by atoms with van der Waals surface area (Å²) in [5.41, 5.74) is 2.15. The van der Waals surface area contributed by atoms with E-state index in [0.717, 1.165) is 49.7 Å². The Balaban J connectivity index is 1.33. The second kappa shape index (κ2) is 8.87. The number of benzene rings is 1. The van der Waals surface area contributed by atoms with Crippen LogP contribution in [0.15, 0.2) is 24.3 Å². The molecule has 2 saturated heterocycles. The molecule has 2 fully saturated rings. The van der Waals surface area contributed by atoms with Gasteiger partial charge in [0.2, 0.25) is 5.01 Å². The van der Waals surface area contributed by atoms with Crippen LogP contribution in [-0.4, -0.2) is 59.0 Å². The maximum absolute atomic E-state index is 12.4. The highest BCUT2D eigenvalue weighted by molar-refractivity contribution is 7.13. The molecule has 8 heteroatoms. The summed E-state index contributed by atoms with van der Waals surface area (Å²) in [5.74, 6) is -0.175. The summed E-state index contributed by atoms with van der Waals surface area (Å²) in [6, 6.07) is 8.12. The lowest BCUT2D eigenvalue weighted by Gasteiger charge is -2.47. The molecule has 4 rings (SSSR count). The lowest BCUT2D eigenvalue weighted by atomic mass is 9.91. The standard InChI is InChI=1S/C21H28N4O3S/c1-15-3-5-17(6-4-15)11-22-19(26)20-24-23-18(29-20)13-25-12-16(2)28-21(14-25)7-9-27-10-8-21/h3-6,16H,7-14H2,1-2H3,(H,22,26). The van der Waals surface area contributed by atoms with E-state index in [-0.39, 0.29) is 17.6 Å². The fourth-order valence-corrected chi connectivity index (χ4v) is 4.84. The van der Waals surface area contributed by atoms with Gasteiger partial charge in [0.05, 0.1) is 18.2 Å². The van der Waals surface area contributed by atoms with Gasteiger partial charge in [0.15, 0.2) is 0 Å². The van der Waals surface area contributed by atoms with Crippen molar-refractivity contribution in [2.24, 2.45) is 0 Å². The van der Waals surface area contributed by atoms with Crippen LogP contribution in [0.1, 0.15) is 45.7 Å². The van der Waals surface area contributed by atoms with Crippen LogP contribution < -0.4 is 5.32 Å². The zero-order valence-electron chi connectivity index (χ0n) is 17.0. The molecule has 1 atom stereocenters. The van der Waals surface area contributed by atoms with Gasteiger partial charge in [-0.3, -0.25) is 9.69 Å². The molecule has 1 aromatic carbocycles. The van der Waals surface area contributed by atoms with Crippen LogP contribution in [0.5, 0.6) is 0 Å². The molecule has 0 radical (unpaired) electrons. The first-order chi connectivity index (χ1) is 14.0. The molecule has 0 aliphatic carbocycles. The first-order valence-corrected chi connectivity index (χ1v) is 11.0. The van der Waals surface area contributed by atoms with Crippen molar-refractivity contribution in [1.82, 2.24) is 20.4 Å². The van der Waals surface area contributed by atoms with Crippen LogP contribution in [0.2, 0.25) is 0 Å². The lowest BCUT2D eigenvalue weighted by Crippen LogP contribution is -2.56. The Morgan fingerprint density at radius 3 is 2.79 bits per heavy atom. The number of nitrogens with one attached hydrogen (secondary N) is 1. The number of carbonyl (C=O) groups is 1. The van der Waals surface area contributed by atoms with Crippen LogP contribution in [0.3, 0.4) is 0 Å². The van der Waals surface area contributed by atoms with Crippen LogP contribution >= 0.6 is 11.3 Å². The Labute approximate surface area is 175 Å². The van der Waals surface area contributed by atoms with E-state index in [0.29, 0.717) is 18.1 Å². The molecule has 1 N–H and O–H groups in total. The van der Waals surface area contributed by atoms with E-state index in [1.165, 1.54) is 16.9 Å². The Morgan fingerprint density at radius 1 is 1.28 bits per heavy atom. The number of ether oxygens (including phenoxy) is 2. The summed E-state index contributed by atoms with van der Waals surface area (Å²) >= 11 is 1.37. The molecule has 29 heavy (non-hydrogen) atoms. The van der Waals surface area contributed by atoms with Gasteiger partial charge in [-0.2, -0.15) is 0 Å². The second-order valence-corrected chi connectivity index (χ2v) is 9.12. The molecular formula is C21H28N4O3S. The Morgan fingerprint density at radius 2 is 2.03 bits per heavy atom. The molecule has 1 unspecified atom stereocenters. The van der Waals surface area contributed by atoms with Crippen molar-refractivity contribution < 1.29 is 14.3 Å². The Kier molecular flexibility index (Phi) is 6.24. The van der Waals surface area contributed by atoms with E-state index in [2.05, 4.69) is 27.3 Å². The third-order valence-electron chi connectivity index (χ3n) is 5.48. The van der Waals surface area contributed by atoms with E-state index >= 15 is 0 Å². The summed E-state index contributed by atoms with van der Waals surface area (Å²) < 4.78 is 11.8. The fraction of sp³-hybridized carbons (Fsp3) is 0.571.